The lowest BCUT2D eigenvalue weighted by atomic mass is 10.2. The highest BCUT2D eigenvalue weighted by Gasteiger charge is 2.17. The van der Waals surface area contributed by atoms with Crippen LogP contribution in [0.5, 0.6) is 5.75 Å². The van der Waals surface area contributed by atoms with Gasteiger partial charge in [-0.05, 0) is 50.2 Å². The first kappa shape index (κ1) is 20.1. The van der Waals surface area contributed by atoms with Crippen molar-refractivity contribution in [1.29, 1.82) is 0 Å². The average Bonchev–Trinajstić information content (AvgIpc) is 3.22. The van der Waals surface area contributed by atoms with Crippen LogP contribution in [0.2, 0.25) is 0 Å². The number of hydrogen-bond donors (Lipinski definition) is 2. The van der Waals surface area contributed by atoms with Crippen LogP contribution in [0.1, 0.15) is 19.9 Å². The topological polar surface area (TPSA) is 85.3 Å². The number of halogens is 1. The summed E-state index contributed by atoms with van der Waals surface area (Å²) in [6.45, 7) is 3.30. The third-order valence-electron chi connectivity index (χ3n) is 4.18. The van der Waals surface area contributed by atoms with Crippen molar-refractivity contribution in [1.82, 2.24) is 9.78 Å². The maximum atomic E-state index is 13.2. The highest BCUT2D eigenvalue weighted by molar-refractivity contribution is 5.96. The first-order valence-electron chi connectivity index (χ1n) is 9.05. The van der Waals surface area contributed by atoms with Gasteiger partial charge in [0, 0.05) is 29.8 Å². The molecule has 2 unspecified atom stereocenters. The molecule has 1 heterocycles. The summed E-state index contributed by atoms with van der Waals surface area (Å²) in [5.41, 5.74) is 1.03. The molecule has 2 N–H and O–H groups in total. The van der Waals surface area contributed by atoms with Gasteiger partial charge in [0.2, 0.25) is 5.91 Å². The Kier molecular flexibility index (Phi) is 6.23. The molecule has 0 radical (unpaired) electrons. The second kappa shape index (κ2) is 9.01. The van der Waals surface area contributed by atoms with Crippen molar-refractivity contribution in [2.45, 2.75) is 26.0 Å². The Morgan fingerprint density at radius 3 is 2.34 bits per heavy atom. The molecule has 2 atom stereocenters. The molecule has 0 aliphatic heterocycles. The van der Waals surface area contributed by atoms with Crippen LogP contribution in [0.3, 0.4) is 0 Å². The SMILES string of the molecule is CC(Oc1cccc(F)c1)C(=O)Nc1cccc(NC(=O)C(C)n2cccn2)c1. The number of hydrogen-bond acceptors (Lipinski definition) is 4. The van der Waals surface area contributed by atoms with E-state index in [0.717, 1.165) is 0 Å². The average molecular weight is 396 g/mol. The number of nitrogens with one attached hydrogen (secondary N) is 2. The van der Waals surface area contributed by atoms with Gasteiger partial charge in [-0.1, -0.05) is 12.1 Å². The molecule has 0 saturated carbocycles. The predicted molar refractivity (Wildman–Crippen MR) is 107 cm³/mol. The Morgan fingerprint density at radius 2 is 1.69 bits per heavy atom. The Bertz CT molecular complexity index is 991. The molecule has 29 heavy (non-hydrogen) atoms. The minimum absolute atomic E-state index is 0.236. The lowest BCUT2D eigenvalue weighted by Crippen LogP contribution is -2.30. The molecule has 8 heteroatoms. The molecule has 0 spiro atoms. The van der Waals surface area contributed by atoms with Crippen LogP contribution in [0, 0.1) is 5.82 Å². The third-order valence-corrected chi connectivity index (χ3v) is 4.18. The number of carbonyl (C=O) groups excluding carboxylic acids is 2. The van der Waals surface area contributed by atoms with E-state index in [1.54, 1.807) is 67.3 Å². The van der Waals surface area contributed by atoms with Crippen molar-refractivity contribution in [3.05, 3.63) is 72.8 Å². The summed E-state index contributed by atoms with van der Waals surface area (Å²) in [7, 11) is 0. The Balaban J connectivity index is 1.60. The summed E-state index contributed by atoms with van der Waals surface area (Å²) in [6.07, 6.45) is 2.48. The molecule has 7 nitrogen and oxygen atoms in total. The molecular formula is C21H21FN4O3. The Morgan fingerprint density at radius 1 is 1.00 bits per heavy atom. The van der Waals surface area contributed by atoms with Gasteiger partial charge in [0.1, 0.15) is 17.6 Å². The van der Waals surface area contributed by atoms with Gasteiger partial charge < -0.3 is 15.4 Å². The highest BCUT2D eigenvalue weighted by atomic mass is 19.1. The number of rotatable bonds is 7. The van der Waals surface area contributed by atoms with Gasteiger partial charge in [0.05, 0.1) is 0 Å². The molecule has 3 rings (SSSR count). The highest BCUT2D eigenvalue weighted by Crippen LogP contribution is 2.18. The maximum absolute atomic E-state index is 13.2. The summed E-state index contributed by atoms with van der Waals surface area (Å²) in [5, 5.41) is 9.57. The van der Waals surface area contributed by atoms with E-state index in [-0.39, 0.29) is 11.7 Å². The number of aromatic nitrogens is 2. The van der Waals surface area contributed by atoms with Gasteiger partial charge in [0.25, 0.3) is 5.91 Å². The molecule has 0 aliphatic rings. The van der Waals surface area contributed by atoms with Gasteiger partial charge in [-0.15, -0.1) is 0 Å². The molecule has 2 aromatic carbocycles. The normalized spacial score (nSPS) is 12.7. The zero-order valence-corrected chi connectivity index (χ0v) is 16.0. The first-order valence-corrected chi connectivity index (χ1v) is 9.05. The van der Waals surface area contributed by atoms with Crippen molar-refractivity contribution in [3.63, 3.8) is 0 Å². The Hall–Kier alpha value is -3.68. The summed E-state index contributed by atoms with van der Waals surface area (Å²) in [5.74, 6) is -0.813. The predicted octanol–water partition coefficient (Wildman–Crippen LogP) is 3.63. The van der Waals surface area contributed by atoms with Gasteiger partial charge in [0.15, 0.2) is 6.10 Å². The van der Waals surface area contributed by atoms with Crippen molar-refractivity contribution in [2.24, 2.45) is 0 Å². The standard InChI is InChI=1S/C21H21FN4O3/c1-14(26-11-5-10-23-26)20(27)24-17-7-4-8-18(13-17)25-21(28)15(2)29-19-9-3-6-16(22)12-19/h3-15H,1-2H3,(H,24,27)(H,25,28). The van der Waals surface area contributed by atoms with Gasteiger partial charge >= 0.3 is 0 Å². The number of ether oxygens (including phenoxy) is 1. The molecule has 3 aromatic rings. The monoisotopic (exact) mass is 396 g/mol. The minimum atomic E-state index is -0.838. The minimum Gasteiger partial charge on any atom is -0.481 e. The molecule has 0 aliphatic carbocycles. The van der Waals surface area contributed by atoms with Crippen LogP contribution < -0.4 is 15.4 Å². The molecule has 1 aromatic heterocycles. The molecule has 0 fully saturated rings. The van der Waals surface area contributed by atoms with Crippen LogP contribution in [0.15, 0.2) is 67.0 Å². The van der Waals surface area contributed by atoms with E-state index in [4.69, 9.17) is 4.74 Å². The first-order chi connectivity index (χ1) is 13.9. The zero-order chi connectivity index (χ0) is 20.8. The largest absolute Gasteiger partial charge is 0.481 e. The fourth-order valence-electron chi connectivity index (χ4n) is 2.59. The second-order valence-corrected chi connectivity index (χ2v) is 6.44. The number of benzene rings is 2. The molecule has 2 amide bonds. The lowest BCUT2D eigenvalue weighted by molar-refractivity contribution is -0.122. The van der Waals surface area contributed by atoms with E-state index in [1.165, 1.54) is 18.2 Å². The molecular weight excluding hydrogens is 375 g/mol. The van der Waals surface area contributed by atoms with Gasteiger partial charge in [-0.2, -0.15) is 5.10 Å². The van der Waals surface area contributed by atoms with Crippen LogP contribution in [0.4, 0.5) is 15.8 Å². The van der Waals surface area contributed by atoms with E-state index in [1.807, 2.05) is 0 Å². The number of amides is 2. The number of anilines is 2. The summed E-state index contributed by atoms with van der Waals surface area (Å²) in [6, 6.07) is 13.6. The quantitative estimate of drug-likeness (QED) is 0.639. The summed E-state index contributed by atoms with van der Waals surface area (Å²) < 4.78 is 20.3. The van der Waals surface area contributed by atoms with Gasteiger partial charge in [-0.25, -0.2) is 4.39 Å². The fraction of sp³-hybridized carbons (Fsp3) is 0.190. The number of nitrogens with zero attached hydrogens (tertiary/aromatic N) is 2. The van der Waals surface area contributed by atoms with E-state index in [9.17, 15) is 14.0 Å². The summed E-state index contributed by atoms with van der Waals surface area (Å²) >= 11 is 0. The van der Waals surface area contributed by atoms with E-state index in [0.29, 0.717) is 11.4 Å². The lowest BCUT2D eigenvalue weighted by Gasteiger charge is -2.16. The molecule has 150 valence electrons. The number of carbonyl (C=O) groups is 2. The Labute approximate surface area is 167 Å². The van der Waals surface area contributed by atoms with Gasteiger partial charge in [-0.3, -0.25) is 14.3 Å². The van der Waals surface area contributed by atoms with Crippen molar-refractivity contribution < 1.29 is 18.7 Å². The zero-order valence-electron chi connectivity index (χ0n) is 16.0. The van der Waals surface area contributed by atoms with Crippen molar-refractivity contribution in [3.8, 4) is 5.75 Å². The summed E-state index contributed by atoms with van der Waals surface area (Å²) in [4.78, 5) is 24.7. The van der Waals surface area contributed by atoms with E-state index >= 15 is 0 Å². The van der Waals surface area contributed by atoms with E-state index < -0.39 is 23.9 Å². The van der Waals surface area contributed by atoms with Crippen molar-refractivity contribution >= 4 is 23.2 Å². The fourth-order valence-corrected chi connectivity index (χ4v) is 2.59. The van der Waals surface area contributed by atoms with Crippen LogP contribution in [0.25, 0.3) is 0 Å². The van der Waals surface area contributed by atoms with Crippen LogP contribution in [-0.4, -0.2) is 27.7 Å². The molecule has 0 saturated heterocycles. The van der Waals surface area contributed by atoms with E-state index in [2.05, 4.69) is 15.7 Å². The maximum Gasteiger partial charge on any atom is 0.265 e. The van der Waals surface area contributed by atoms with Crippen molar-refractivity contribution in [2.75, 3.05) is 10.6 Å². The second-order valence-electron chi connectivity index (χ2n) is 6.44. The molecule has 0 bridgehead atoms. The van der Waals surface area contributed by atoms with Crippen LogP contribution >= 0.6 is 0 Å². The third kappa shape index (κ3) is 5.41. The smallest absolute Gasteiger partial charge is 0.265 e. The van der Waals surface area contributed by atoms with Crippen LogP contribution in [-0.2, 0) is 9.59 Å².